The molecule has 0 amide bonds. The van der Waals surface area contributed by atoms with Crippen molar-refractivity contribution >= 4 is 27.1 Å². The maximum absolute atomic E-state index is 8.86. The standard InChI is InChI=1S/C10H5N3S/c11-4-6-1-7(13)2-10-9(6)3-8(5-12)14-10/h1-3H,13H2. The Kier molecular flexibility index (Phi) is 1.85. The van der Waals surface area contributed by atoms with E-state index in [2.05, 4.69) is 12.1 Å². The number of nitriles is 2. The van der Waals surface area contributed by atoms with Gasteiger partial charge >= 0.3 is 0 Å². The normalized spacial score (nSPS) is 9.57. The number of hydrogen-bond acceptors (Lipinski definition) is 4. The highest BCUT2D eigenvalue weighted by Gasteiger charge is 2.06. The molecule has 14 heavy (non-hydrogen) atoms. The molecule has 3 nitrogen and oxygen atoms in total. The van der Waals surface area contributed by atoms with Gasteiger partial charge in [-0.2, -0.15) is 10.5 Å². The third-order valence-corrected chi connectivity index (χ3v) is 2.88. The third kappa shape index (κ3) is 1.19. The molecular formula is C10H5N3S. The highest BCUT2D eigenvalue weighted by molar-refractivity contribution is 7.19. The maximum atomic E-state index is 8.86. The van der Waals surface area contributed by atoms with Crippen molar-refractivity contribution in [3.05, 3.63) is 28.6 Å². The van der Waals surface area contributed by atoms with Crippen LogP contribution in [0.2, 0.25) is 0 Å². The van der Waals surface area contributed by atoms with Gasteiger partial charge in [0.15, 0.2) is 0 Å². The second-order valence-electron chi connectivity index (χ2n) is 2.81. The Labute approximate surface area is 84.6 Å². The van der Waals surface area contributed by atoms with Crippen LogP contribution in [0.15, 0.2) is 18.2 Å². The monoisotopic (exact) mass is 199 g/mol. The number of nitrogens with zero attached hydrogens (tertiary/aromatic N) is 2. The lowest BCUT2D eigenvalue weighted by Gasteiger charge is -1.95. The molecule has 0 aliphatic rings. The van der Waals surface area contributed by atoms with Crippen LogP contribution in [0, 0.1) is 22.7 Å². The Morgan fingerprint density at radius 3 is 2.57 bits per heavy atom. The molecule has 0 saturated carbocycles. The minimum atomic E-state index is 0.526. The van der Waals surface area contributed by atoms with E-state index in [0.717, 1.165) is 10.1 Å². The van der Waals surface area contributed by atoms with Gasteiger partial charge in [-0.25, -0.2) is 0 Å². The van der Waals surface area contributed by atoms with Crippen LogP contribution < -0.4 is 5.73 Å². The van der Waals surface area contributed by atoms with Gasteiger partial charge in [-0.3, -0.25) is 0 Å². The molecule has 0 aliphatic carbocycles. The second kappa shape index (κ2) is 3.02. The summed E-state index contributed by atoms with van der Waals surface area (Å²) in [6, 6.07) is 9.24. The minimum Gasteiger partial charge on any atom is -0.399 e. The van der Waals surface area contributed by atoms with Crippen LogP contribution in [0.5, 0.6) is 0 Å². The van der Waals surface area contributed by atoms with Crippen LogP contribution in [0.4, 0.5) is 5.69 Å². The van der Waals surface area contributed by atoms with Crippen molar-refractivity contribution < 1.29 is 0 Å². The zero-order valence-corrected chi connectivity index (χ0v) is 7.93. The molecule has 1 heterocycles. The lowest BCUT2D eigenvalue weighted by molar-refractivity contribution is 1.50. The van der Waals surface area contributed by atoms with Crippen molar-refractivity contribution in [2.75, 3.05) is 5.73 Å². The third-order valence-electron chi connectivity index (χ3n) is 1.89. The van der Waals surface area contributed by atoms with Crippen molar-refractivity contribution in [1.29, 1.82) is 10.5 Å². The zero-order chi connectivity index (χ0) is 10.1. The van der Waals surface area contributed by atoms with Crippen LogP contribution in [0.3, 0.4) is 0 Å². The first-order valence-electron chi connectivity index (χ1n) is 3.88. The molecule has 0 bridgehead atoms. The van der Waals surface area contributed by atoms with Crippen molar-refractivity contribution in [3.8, 4) is 12.1 Å². The Hall–Kier alpha value is -2.04. The fourth-order valence-corrected chi connectivity index (χ4v) is 2.24. The summed E-state index contributed by atoms with van der Waals surface area (Å²) in [6.07, 6.45) is 0. The average molecular weight is 199 g/mol. The molecule has 1 aromatic heterocycles. The number of thiophene rings is 1. The maximum Gasteiger partial charge on any atom is 0.110 e. The summed E-state index contributed by atoms with van der Waals surface area (Å²) in [5, 5.41) is 18.4. The van der Waals surface area contributed by atoms with E-state index in [1.807, 2.05) is 0 Å². The van der Waals surface area contributed by atoms with Gasteiger partial charge in [0.25, 0.3) is 0 Å². The predicted molar refractivity (Wildman–Crippen MR) is 55.7 cm³/mol. The number of nitrogen functional groups attached to an aromatic ring is 1. The van der Waals surface area contributed by atoms with Crippen molar-refractivity contribution in [2.24, 2.45) is 0 Å². The summed E-state index contributed by atoms with van der Waals surface area (Å²) in [7, 11) is 0. The summed E-state index contributed by atoms with van der Waals surface area (Å²) in [6.45, 7) is 0. The molecule has 0 fully saturated rings. The van der Waals surface area contributed by atoms with Crippen molar-refractivity contribution in [3.63, 3.8) is 0 Å². The Balaban J connectivity index is 2.88. The molecule has 1 aromatic carbocycles. The van der Waals surface area contributed by atoms with Gasteiger partial charge in [-0.05, 0) is 18.2 Å². The van der Waals surface area contributed by atoms with Gasteiger partial charge in [-0.15, -0.1) is 11.3 Å². The molecule has 2 rings (SSSR count). The molecule has 0 radical (unpaired) electrons. The molecule has 0 saturated heterocycles. The van der Waals surface area contributed by atoms with E-state index < -0.39 is 0 Å². The average Bonchev–Trinajstić information content (AvgIpc) is 2.59. The minimum absolute atomic E-state index is 0.526. The Bertz CT molecular complexity index is 584. The van der Waals surface area contributed by atoms with Gasteiger partial charge in [-0.1, -0.05) is 0 Å². The molecule has 0 unspecified atom stereocenters. The molecule has 0 atom stereocenters. The quantitative estimate of drug-likeness (QED) is 0.661. The molecular weight excluding hydrogens is 194 g/mol. The van der Waals surface area contributed by atoms with Crippen LogP contribution in [0.25, 0.3) is 10.1 Å². The summed E-state index contributed by atoms with van der Waals surface area (Å²) in [5.41, 5.74) is 6.71. The molecule has 0 aliphatic heterocycles. The van der Waals surface area contributed by atoms with E-state index in [9.17, 15) is 0 Å². The fraction of sp³-hybridized carbons (Fsp3) is 0. The second-order valence-corrected chi connectivity index (χ2v) is 3.90. The molecule has 2 N–H and O–H groups in total. The highest BCUT2D eigenvalue weighted by Crippen LogP contribution is 2.29. The number of anilines is 1. The SMILES string of the molecule is N#Cc1cc2c(C#N)cc(N)cc2s1. The molecule has 4 heteroatoms. The summed E-state index contributed by atoms with van der Waals surface area (Å²) in [5.74, 6) is 0. The Morgan fingerprint density at radius 1 is 1.14 bits per heavy atom. The van der Waals surface area contributed by atoms with Gasteiger partial charge in [0.1, 0.15) is 10.9 Å². The largest absolute Gasteiger partial charge is 0.399 e. The highest BCUT2D eigenvalue weighted by atomic mass is 32.1. The molecule has 66 valence electrons. The number of rotatable bonds is 0. The fourth-order valence-electron chi connectivity index (χ4n) is 1.31. The lowest BCUT2D eigenvalue weighted by atomic mass is 10.1. The zero-order valence-electron chi connectivity index (χ0n) is 7.11. The smallest absolute Gasteiger partial charge is 0.110 e. The first kappa shape index (κ1) is 8.55. The van der Waals surface area contributed by atoms with E-state index >= 15 is 0 Å². The number of fused-ring (bicyclic) bond motifs is 1. The van der Waals surface area contributed by atoms with E-state index in [1.54, 1.807) is 18.2 Å². The van der Waals surface area contributed by atoms with E-state index in [1.165, 1.54) is 11.3 Å². The topological polar surface area (TPSA) is 73.6 Å². The van der Waals surface area contributed by atoms with Crippen molar-refractivity contribution in [1.82, 2.24) is 0 Å². The van der Waals surface area contributed by atoms with Gasteiger partial charge < -0.3 is 5.73 Å². The van der Waals surface area contributed by atoms with Gasteiger partial charge in [0.05, 0.1) is 11.6 Å². The first-order valence-corrected chi connectivity index (χ1v) is 4.69. The van der Waals surface area contributed by atoms with E-state index in [0.29, 0.717) is 16.1 Å². The van der Waals surface area contributed by atoms with Crippen LogP contribution in [-0.2, 0) is 0 Å². The summed E-state index contributed by atoms with van der Waals surface area (Å²) >= 11 is 1.35. The predicted octanol–water partition coefficient (Wildman–Crippen LogP) is 2.23. The lowest BCUT2D eigenvalue weighted by Crippen LogP contribution is -1.85. The number of hydrogen-bond donors (Lipinski definition) is 1. The van der Waals surface area contributed by atoms with Crippen LogP contribution >= 0.6 is 11.3 Å². The Morgan fingerprint density at radius 2 is 1.93 bits per heavy atom. The van der Waals surface area contributed by atoms with E-state index in [-0.39, 0.29) is 0 Å². The van der Waals surface area contributed by atoms with Crippen molar-refractivity contribution in [2.45, 2.75) is 0 Å². The molecule has 2 aromatic rings. The van der Waals surface area contributed by atoms with E-state index in [4.69, 9.17) is 16.3 Å². The van der Waals surface area contributed by atoms with Gasteiger partial charge in [0.2, 0.25) is 0 Å². The number of benzene rings is 1. The summed E-state index contributed by atoms with van der Waals surface area (Å²) < 4.78 is 0.887. The number of nitrogens with two attached hydrogens (primary N) is 1. The first-order chi connectivity index (χ1) is 6.74. The van der Waals surface area contributed by atoms with Gasteiger partial charge in [0, 0.05) is 15.8 Å². The van der Waals surface area contributed by atoms with Crippen LogP contribution in [0.1, 0.15) is 10.4 Å². The van der Waals surface area contributed by atoms with Crippen LogP contribution in [-0.4, -0.2) is 0 Å². The summed E-state index contributed by atoms with van der Waals surface area (Å²) in [4.78, 5) is 0.599. The molecule has 0 spiro atoms.